The van der Waals surface area contributed by atoms with Crippen LogP contribution in [0, 0.1) is 0 Å². The Bertz CT molecular complexity index is 846. The third-order valence-corrected chi connectivity index (χ3v) is 5.57. The van der Waals surface area contributed by atoms with E-state index >= 15 is 0 Å². The van der Waals surface area contributed by atoms with E-state index < -0.39 is 24.0 Å². The van der Waals surface area contributed by atoms with Crippen LogP contribution in [0.5, 0.6) is 0 Å². The Labute approximate surface area is 158 Å². The van der Waals surface area contributed by atoms with E-state index in [-0.39, 0.29) is 0 Å². The second-order valence-electron chi connectivity index (χ2n) is 8.18. The normalized spacial score (nSPS) is 21.7. The summed E-state index contributed by atoms with van der Waals surface area (Å²) in [6.45, 7) is 7.96. The molecule has 0 radical (unpaired) electrons. The predicted molar refractivity (Wildman–Crippen MR) is 101 cm³/mol. The van der Waals surface area contributed by atoms with Gasteiger partial charge in [0.05, 0.1) is 23.9 Å². The Kier molecular flexibility index (Phi) is 4.43. The van der Waals surface area contributed by atoms with Gasteiger partial charge in [0.15, 0.2) is 0 Å². The molecule has 0 amide bonds. The minimum absolute atomic E-state index is 0.321. The third-order valence-electron chi connectivity index (χ3n) is 5.57. The van der Waals surface area contributed by atoms with Crippen LogP contribution in [0.25, 0.3) is 11.4 Å². The average Bonchev–Trinajstić information content (AvgIpc) is 3.33. The first-order valence-electron chi connectivity index (χ1n) is 9.32. The fraction of sp³-hybridized carbons (Fsp3) is 0.526. The highest BCUT2D eigenvalue weighted by atomic mass is 19.1. The van der Waals surface area contributed by atoms with Crippen molar-refractivity contribution in [2.75, 3.05) is 0 Å². The van der Waals surface area contributed by atoms with E-state index in [0.717, 1.165) is 24.2 Å². The number of hydrogen-bond acceptors (Lipinski definition) is 5. The SMILES string of the molecule is CC1(C)OB(C(F)=CCn2nc(-c3cnccn3)cc2C2CC2)OC1(C)C. The summed E-state index contributed by atoms with van der Waals surface area (Å²) in [7, 11) is -0.977. The summed E-state index contributed by atoms with van der Waals surface area (Å²) in [5, 5.41) is 4.62. The van der Waals surface area contributed by atoms with Gasteiger partial charge in [-0.2, -0.15) is 5.10 Å². The Hall–Kier alpha value is -2.06. The standard InChI is InChI=1S/C19H24BFN4O2/c1-18(2)19(3,4)27-20(26-18)17(21)7-10-25-16(13-5-6-13)11-14(24-25)15-12-22-8-9-23-15/h7-9,11-13H,5-6,10H2,1-4H3. The molecule has 142 valence electrons. The van der Waals surface area contributed by atoms with Gasteiger partial charge in [-0.25, -0.2) is 4.39 Å². The molecule has 6 nitrogen and oxygen atoms in total. The molecule has 2 aromatic heterocycles. The number of nitrogens with zero attached hydrogens (tertiary/aromatic N) is 4. The monoisotopic (exact) mass is 370 g/mol. The molecule has 0 atom stereocenters. The molecule has 2 aliphatic rings. The first-order chi connectivity index (χ1) is 12.8. The van der Waals surface area contributed by atoms with Crippen molar-refractivity contribution in [3.05, 3.63) is 42.2 Å². The average molecular weight is 370 g/mol. The van der Waals surface area contributed by atoms with Gasteiger partial charge in [-0.1, -0.05) is 0 Å². The summed E-state index contributed by atoms with van der Waals surface area (Å²) in [6.07, 6.45) is 8.71. The minimum Gasteiger partial charge on any atom is -0.398 e. The smallest absolute Gasteiger partial charge is 0.398 e. The van der Waals surface area contributed by atoms with Gasteiger partial charge in [-0.15, -0.1) is 0 Å². The molecular weight excluding hydrogens is 346 g/mol. The molecule has 1 saturated carbocycles. The molecule has 8 heteroatoms. The summed E-state index contributed by atoms with van der Waals surface area (Å²) in [4.78, 5) is 8.40. The zero-order chi connectivity index (χ0) is 19.2. The molecule has 2 fully saturated rings. The summed E-state index contributed by atoms with van der Waals surface area (Å²) in [5.41, 5.74) is 1.03. The van der Waals surface area contributed by atoms with Crippen molar-refractivity contribution in [2.45, 2.75) is 64.2 Å². The maximum Gasteiger partial charge on any atom is 0.524 e. The molecular formula is C19H24BFN4O2. The van der Waals surface area contributed by atoms with Crippen LogP contribution in [0.1, 0.15) is 52.1 Å². The van der Waals surface area contributed by atoms with Gasteiger partial charge in [0, 0.05) is 24.0 Å². The van der Waals surface area contributed by atoms with Crippen molar-refractivity contribution >= 4 is 7.12 Å². The molecule has 27 heavy (non-hydrogen) atoms. The highest BCUT2D eigenvalue weighted by Gasteiger charge is 2.53. The van der Waals surface area contributed by atoms with Crippen LogP contribution in [0.3, 0.4) is 0 Å². The number of halogens is 1. The molecule has 1 saturated heterocycles. The molecule has 0 aromatic carbocycles. The van der Waals surface area contributed by atoms with Crippen LogP contribution in [-0.2, 0) is 15.9 Å². The van der Waals surface area contributed by atoms with Gasteiger partial charge in [0.2, 0.25) is 0 Å². The van der Waals surface area contributed by atoms with Gasteiger partial charge in [-0.3, -0.25) is 14.6 Å². The maximum absolute atomic E-state index is 14.7. The molecule has 0 spiro atoms. The van der Waals surface area contributed by atoms with E-state index in [4.69, 9.17) is 9.31 Å². The fourth-order valence-electron chi connectivity index (χ4n) is 3.07. The Morgan fingerprint density at radius 1 is 1.22 bits per heavy atom. The molecule has 1 aliphatic heterocycles. The van der Waals surface area contributed by atoms with Crippen molar-refractivity contribution in [1.82, 2.24) is 19.7 Å². The summed E-state index contributed by atoms with van der Waals surface area (Å²) >= 11 is 0. The van der Waals surface area contributed by atoms with Crippen molar-refractivity contribution in [1.29, 1.82) is 0 Å². The second kappa shape index (κ2) is 6.53. The highest BCUT2D eigenvalue weighted by Crippen LogP contribution is 2.41. The Morgan fingerprint density at radius 2 is 1.93 bits per heavy atom. The molecule has 0 unspecified atom stereocenters. The summed E-state index contributed by atoms with van der Waals surface area (Å²) in [6, 6.07) is 2.03. The van der Waals surface area contributed by atoms with Gasteiger partial charge < -0.3 is 9.31 Å². The molecule has 0 bridgehead atoms. The largest absolute Gasteiger partial charge is 0.524 e. The van der Waals surface area contributed by atoms with Gasteiger partial charge >= 0.3 is 7.12 Å². The highest BCUT2D eigenvalue weighted by molar-refractivity contribution is 6.53. The quantitative estimate of drug-likeness (QED) is 0.751. The molecule has 4 rings (SSSR count). The first kappa shape index (κ1) is 18.3. The fourth-order valence-corrected chi connectivity index (χ4v) is 3.07. The van der Waals surface area contributed by atoms with Gasteiger partial charge in [0.1, 0.15) is 17.1 Å². The van der Waals surface area contributed by atoms with Crippen LogP contribution in [0.2, 0.25) is 0 Å². The first-order valence-corrected chi connectivity index (χ1v) is 9.32. The van der Waals surface area contributed by atoms with Crippen LogP contribution in [0.4, 0.5) is 4.39 Å². The third kappa shape index (κ3) is 3.56. The number of rotatable bonds is 5. The molecule has 2 aromatic rings. The van der Waals surface area contributed by atoms with Crippen LogP contribution < -0.4 is 0 Å². The molecule has 1 aliphatic carbocycles. The van der Waals surface area contributed by atoms with E-state index in [2.05, 4.69) is 15.1 Å². The summed E-state index contributed by atoms with van der Waals surface area (Å²) < 4.78 is 28.1. The zero-order valence-electron chi connectivity index (χ0n) is 16.1. The predicted octanol–water partition coefficient (Wildman–Crippen LogP) is 3.70. The van der Waals surface area contributed by atoms with Crippen LogP contribution in [0.15, 0.2) is 36.5 Å². The van der Waals surface area contributed by atoms with Crippen molar-refractivity contribution in [3.8, 4) is 11.4 Å². The number of hydrogen-bond donors (Lipinski definition) is 0. The van der Waals surface area contributed by atoms with Crippen molar-refractivity contribution in [2.24, 2.45) is 0 Å². The van der Waals surface area contributed by atoms with Crippen molar-refractivity contribution in [3.63, 3.8) is 0 Å². The lowest BCUT2D eigenvalue weighted by molar-refractivity contribution is 0.00578. The number of allylic oxidation sites excluding steroid dienone is 1. The van der Waals surface area contributed by atoms with E-state index in [1.54, 1.807) is 18.6 Å². The molecule has 0 N–H and O–H groups in total. The lowest BCUT2D eigenvalue weighted by Crippen LogP contribution is -2.41. The number of aromatic nitrogens is 4. The van der Waals surface area contributed by atoms with E-state index in [0.29, 0.717) is 18.2 Å². The van der Waals surface area contributed by atoms with Gasteiger partial charge in [0.25, 0.3) is 0 Å². The summed E-state index contributed by atoms with van der Waals surface area (Å²) in [5.74, 6) is 0.483. The van der Waals surface area contributed by atoms with E-state index in [9.17, 15) is 4.39 Å². The van der Waals surface area contributed by atoms with Gasteiger partial charge in [-0.05, 0) is 52.7 Å². The van der Waals surface area contributed by atoms with Crippen molar-refractivity contribution < 1.29 is 13.7 Å². The van der Waals surface area contributed by atoms with E-state index in [1.165, 1.54) is 6.08 Å². The van der Waals surface area contributed by atoms with Crippen LogP contribution >= 0.6 is 0 Å². The van der Waals surface area contributed by atoms with E-state index in [1.807, 2.05) is 38.4 Å². The lowest BCUT2D eigenvalue weighted by atomic mass is 9.88. The lowest BCUT2D eigenvalue weighted by Gasteiger charge is -2.32. The Morgan fingerprint density at radius 3 is 2.52 bits per heavy atom. The van der Waals surface area contributed by atoms with Crippen LogP contribution in [-0.4, -0.2) is 38.1 Å². The minimum atomic E-state index is -0.977. The molecule has 3 heterocycles. The topological polar surface area (TPSA) is 62.1 Å². The zero-order valence-corrected chi connectivity index (χ0v) is 16.1. The Balaban J connectivity index is 1.54. The second-order valence-corrected chi connectivity index (χ2v) is 8.18. The maximum atomic E-state index is 14.7.